The van der Waals surface area contributed by atoms with Gasteiger partial charge in [-0.15, -0.1) is 0 Å². The number of carbonyl (C=O) groups is 4. The molecule has 446 valence electrons. The molecule has 0 amide bonds. The number of carboxylic acids is 1. The van der Waals surface area contributed by atoms with Crippen molar-refractivity contribution in [2.45, 2.75) is 327 Å². The van der Waals surface area contributed by atoms with E-state index in [1.165, 1.54) is 122 Å². The van der Waals surface area contributed by atoms with Gasteiger partial charge >= 0.3 is 23.9 Å². The highest BCUT2D eigenvalue weighted by Crippen LogP contribution is 2.27. The highest BCUT2D eigenvalue weighted by atomic mass is 16.7. The van der Waals surface area contributed by atoms with Gasteiger partial charge in [0.05, 0.1) is 6.61 Å². The topological polar surface area (TPSA) is 175 Å². The average Bonchev–Trinajstić information content (AvgIpc) is 3.42. The molecule has 12 heteroatoms. The van der Waals surface area contributed by atoms with Crippen molar-refractivity contribution in [3.8, 4) is 0 Å². The van der Waals surface area contributed by atoms with E-state index in [0.717, 1.165) is 109 Å². The third-order valence-electron chi connectivity index (χ3n) is 14.3. The monoisotopic (exact) mass is 1090 g/mol. The van der Waals surface area contributed by atoms with E-state index in [4.69, 9.17) is 23.7 Å². The summed E-state index contributed by atoms with van der Waals surface area (Å²) in [6, 6.07) is 0. The summed E-state index contributed by atoms with van der Waals surface area (Å²) in [5, 5.41) is 31.5. The number of allylic oxidation sites excluding steroid dienone is 8. The first kappa shape index (κ1) is 71.7. The van der Waals surface area contributed by atoms with Crippen LogP contribution in [0.25, 0.3) is 0 Å². The van der Waals surface area contributed by atoms with E-state index in [-0.39, 0.29) is 25.9 Å². The predicted molar refractivity (Wildman–Crippen MR) is 312 cm³/mol. The number of aliphatic hydroxyl groups is 2. The van der Waals surface area contributed by atoms with Gasteiger partial charge in [0.2, 0.25) is 0 Å². The zero-order valence-corrected chi connectivity index (χ0v) is 49.2. The Labute approximate surface area is 469 Å². The fraction of sp³-hybridized carbons (Fsp3) is 0.815. The van der Waals surface area contributed by atoms with E-state index >= 15 is 0 Å². The smallest absolute Gasteiger partial charge is 0.335 e. The van der Waals surface area contributed by atoms with Crippen LogP contribution in [0.3, 0.4) is 0 Å². The molecule has 77 heavy (non-hydrogen) atoms. The number of rotatable bonds is 54. The maximum atomic E-state index is 13.2. The Balaban J connectivity index is 2.67. The Morgan fingerprint density at radius 3 is 1.23 bits per heavy atom. The quantitative estimate of drug-likeness (QED) is 0.0228. The number of carboxylic acid groups (broad SMARTS) is 1. The van der Waals surface area contributed by atoms with Crippen LogP contribution in [0.2, 0.25) is 0 Å². The van der Waals surface area contributed by atoms with Gasteiger partial charge in [-0.1, -0.05) is 223 Å². The molecule has 0 spiro atoms. The third kappa shape index (κ3) is 43.2. The summed E-state index contributed by atoms with van der Waals surface area (Å²) < 4.78 is 28.5. The molecule has 12 nitrogen and oxygen atoms in total. The first-order valence-corrected chi connectivity index (χ1v) is 31.6. The van der Waals surface area contributed by atoms with Crippen LogP contribution in [0.4, 0.5) is 0 Å². The highest BCUT2D eigenvalue weighted by Gasteiger charge is 2.50. The minimum Gasteiger partial charge on any atom is -0.479 e. The van der Waals surface area contributed by atoms with Crippen LogP contribution >= 0.6 is 0 Å². The van der Waals surface area contributed by atoms with Crippen LogP contribution in [0.1, 0.15) is 290 Å². The summed E-state index contributed by atoms with van der Waals surface area (Å²) in [5.74, 6) is -3.13. The summed E-state index contributed by atoms with van der Waals surface area (Å²) in [7, 11) is 0. The number of esters is 3. The van der Waals surface area contributed by atoms with Crippen molar-refractivity contribution in [3.63, 3.8) is 0 Å². The largest absolute Gasteiger partial charge is 0.479 e. The Bertz CT molecular complexity index is 1520. The van der Waals surface area contributed by atoms with Gasteiger partial charge in [-0.3, -0.25) is 14.4 Å². The van der Waals surface area contributed by atoms with Crippen LogP contribution in [0.5, 0.6) is 0 Å². The number of aliphatic carboxylic acids is 1. The van der Waals surface area contributed by atoms with Gasteiger partial charge in [0, 0.05) is 19.3 Å². The zero-order valence-electron chi connectivity index (χ0n) is 49.2. The molecule has 0 aromatic rings. The van der Waals surface area contributed by atoms with Gasteiger partial charge in [0.1, 0.15) is 18.8 Å². The van der Waals surface area contributed by atoms with Crippen LogP contribution in [0.15, 0.2) is 48.6 Å². The molecule has 6 atom stereocenters. The number of hydrogen-bond acceptors (Lipinski definition) is 11. The van der Waals surface area contributed by atoms with Gasteiger partial charge in [0.25, 0.3) is 0 Å². The Kier molecular flexibility index (Phi) is 49.7. The second-order valence-electron chi connectivity index (χ2n) is 21.7. The Hall–Kier alpha value is -3.32. The normalized spacial score (nSPS) is 18.3. The summed E-state index contributed by atoms with van der Waals surface area (Å²) in [6.45, 7) is 5.93. The number of hydrogen-bond donors (Lipinski definition) is 3. The summed E-state index contributed by atoms with van der Waals surface area (Å²) in [5.41, 5.74) is 0. The molecule has 0 bridgehead atoms. The predicted octanol–water partition coefficient (Wildman–Crippen LogP) is 16.6. The summed E-state index contributed by atoms with van der Waals surface area (Å²) in [4.78, 5) is 51.2. The molecule has 0 radical (unpaired) electrons. The summed E-state index contributed by atoms with van der Waals surface area (Å²) >= 11 is 0. The molecular formula is C65H114O12. The van der Waals surface area contributed by atoms with Crippen LogP contribution < -0.4 is 0 Å². The van der Waals surface area contributed by atoms with Crippen molar-refractivity contribution >= 4 is 23.9 Å². The zero-order chi connectivity index (χ0) is 56.1. The molecule has 1 aliphatic rings. The number of unbranched alkanes of at least 4 members (excludes halogenated alkanes) is 32. The molecule has 0 aromatic carbocycles. The molecular weight excluding hydrogens is 973 g/mol. The molecule has 6 unspecified atom stereocenters. The van der Waals surface area contributed by atoms with Gasteiger partial charge in [0.15, 0.2) is 24.6 Å². The molecule has 0 aliphatic carbocycles. The molecule has 1 saturated heterocycles. The number of carbonyl (C=O) groups excluding carboxylic acids is 3. The van der Waals surface area contributed by atoms with Crippen LogP contribution in [-0.2, 0) is 42.9 Å². The maximum absolute atomic E-state index is 13.2. The highest BCUT2D eigenvalue weighted by molar-refractivity contribution is 5.74. The molecule has 1 aliphatic heterocycles. The van der Waals surface area contributed by atoms with Crippen molar-refractivity contribution in [2.75, 3.05) is 13.2 Å². The maximum Gasteiger partial charge on any atom is 0.335 e. The van der Waals surface area contributed by atoms with Crippen molar-refractivity contribution in [1.29, 1.82) is 0 Å². The lowest BCUT2D eigenvalue weighted by Gasteiger charge is -2.40. The second kappa shape index (κ2) is 53.3. The van der Waals surface area contributed by atoms with Gasteiger partial charge in [-0.05, 0) is 96.3 Å². The van der Waals surface area contributed by atoms with Gasteiger partial charge < -0.3 is 39.0 Å². The third-order valence-corrected chi connectivity index (χ3v) is 14.3. The van der Waals surface area contributed by atoms with Crippen LogP contribution in [0, 0.1) is 0 Å². The van der Waals surface area contributed by atoms with Crippen molar-refractivity contribution in [3.05, 3.63) is 48.6 Å². The lowest BCUT2D eigenvalue weighted by Crippen LogP contribution is -2.61. The Morgan fingerprint density at radius 1 is 0.429 bits per heavy atom. The SMILES string of the molecule is CCC/C=C\C/C=C\CCCCCCCC(=O)OC1C(OCC(COC(=O)CCCCCCCCC/C=C\CCCCCCCC)OC(=O)CCCCCCCCC/C=C\CCCCCCCC)OC(C(=O)O)C(O)C1O. The van der Waals surface area contributed by atoms with E-state index in [1.807, 2.05) is 0 Å². The van der Waals surface area contributed by atoms with Gasteiger partial charge in [-0.25, -0.2) is 4.79 Å². The Morgan fingerprint density at radius 2 is 0.805 bits per heavy atom. The van der Waals surface area contributed by atoms with E-state index in [9.17, 15) is 34.5 Å². The molecule has 1 rings (SSSR count). The number of ether oxygens (including phenoxy) is 5. The van der Waals surface area contributed by atoms with Gasteiger partial charge in [-0.2, -0.15) is 0 Å². The van der Waals surface area contributed by atoms with E-state index in [2.05, 4.69) is 69.4 Å². The fourth-order valence-electron chi connectivity index (χ4n) is 9.45. The molecule has 1 fully saturated rings. The summed E-state index contributed by atoms with van der Waals surface area (Å²) in [6.07, 6.45) is 52.2. The molecule has 1 heterocycles. The first-order chi connectivity index (χ1) is 37.6. The van der Waals surface area contributed by atoms with E-state index < -0.39 is 67.3 Å². The van der Waals surface area contributed by atoms with E-state index in [1.54, 1.807) is 0 Å². The first-order valence-electron chi connectivity index (χ1n) is 31.6. The lowest BCUT2D eigenvalue weighted by molar-refractivity contribution is -0.301. The van der Waals surface area contributed by atoms with Crippen molar-refractivity contribution in [1.82, 2.24) is 0 Å². The molecule has 3 N–H and O–H groups in total. The second-order valence-corrected chi connectivity index (χ2v) is 21.7. The van der Waals surface area contributed by atoms with E-state index in [0.29, 0.717) is 19.3 Å². The van der Waals surface area contributed by atoms with Crippen LogP contribution in [-0.4, -0.2) is 89.2 Å². The molecule has 0 saturated carbocycles. The standard InChI is InChI=1S/C65H114O12/c1-4-7-10-13-16-19-22-25-27-29-31-34-36-39-42-45-48-51-57(66)73-54-56(75-58(67)52-49-46-43-40-38-35-32-30-28-26-23-20-17-14-11-8-5-2)55-74-65-63(61(70)60(69)62(77-65)64(71)72)76-59(68)53-50-47-44-41-37-33-24-21-18-15-12-9-6-3/h12,15,21,24-28,56,60-63,65,69-70H,4-11,13-14,16-20,22-23,29-55H2,1-3H3,(H,71,72)/b15-12-,24-21-,27-25-,28-26-. The molecule has 0 aromatic heterocycles. The van der Waals surface area contributed by atoms with Crippen molar-refractivity contribution < 1.29 is 58.2 Å². The minimum absolute atomic E-state index is 0.0445. The average molecular weight is 1090 g/mol. The van der Waals surface area contributed by atoms with Crippen molar-refractivity contribution in [2.24, 2.45) is 0 Å². The lowest BCUT2D eigenvalue weighted by atomic mass is 9.98. The fourth-order valence-corrected chi connectivity index (χ4v) is 9.45. The number of aliphatic hydroxyl groups excluding tert-OH is 2. The minimum atomic E-state index is -1.91.